The van der Waals surface area contributed by atoms with Crippen LogP contribution < -0.4 is 5.32 Å². The lowest BCUT2D eigenvalue weighted by Crippen LogP contribution is -2.60. The molecule has 3 rings (SSSR count). The molecule has 0 bridgehead atoms. The van der Waals surface area contributed by atoms with Crippen LogP contribution in [0.4, 0.5) is 10.2 Å². The van der Waals surface area contributed by atoms with Gasteiger partial charge in [0.1, 0.15) is 6.29 Å². The molecule has 0 aromatic heterocycles. The lowest BCUT2D eigenvalue weighted by molar-refractivity contribution is -0.112. The number of hydrogen-bond donors (Lipinski definition) is 1. The number of carbonyl (C=O) groups is 2. The summed E-state index contributed by atoms with van der Waals surface area (Å²) in [5.41, 5.74) is 1.38. The van der Waals surface area contributed by atoms with Crippen molar-refractivity contribution in [3.8, 4) is 0 Å². The fourth-order valence-corrected chi connectivity index (χ4v) is 3.51. The molecule has 138 valence electrons. The van der Waals surface area contributed by atoms with Crippen LogP contribution in [0, 0.1) is 5.41 Å². The van der Waals surface area contributed by atoms with Crippen LogP contribution >= 0.6 is 0 Å². The maximum atomic E-state index is 13.4. The molecule has 1 spiro atoms. The highest BCUT2D eigenvalue weighted by Gasteiger charge is 2.46. The number of halogens is 1. The number of anilines is 1. The summed E-state index contributed by atoms with van der Waals surface area (Å²) in [7, 11) is 0. The average Bonchev–Trinajstić information content (AvgIpc) is 2.65. The van der Waals surface area contributed by atoms with Gasteiger partial charge >= 0.3 is 0 Å². The van der Waals surface area contributed by atoms with E-state index in [0.717, 1.165) is 32.3 Å². The van der Waals surface area contributed by atoms with E-state index in [1.807, 2.05) is 0 Å². The van der Waals surface area contributed by atoms with E-state index in [-0.39, 0.29) is 16.8 Å². The van der Waals surface area contributed by atoms with E-state index in [4.69, 9.17) is 4.74 Å². The summed E-state index contributed by atoms with van der Waals surface area (Å²) in [5, 5.41) is 5.60. The second-order valence-corrected chi connectivity index (χ2v) is 6.77. The topological polar surface area (TPSA) is 71.0 Å². The van der Waals surface area contributed by atoms with E-state index >= 15 is 0 Å². The predicted octanol–water partition coefficient (Wildman–Crippen LogP) is 2.78. The van der Waals surface area contributed by atoms with Gasteiger partial charge in [0.2, 0.25) is 0 Å². The number of benzene rings is 1. The van der Waals surface area contributed by atoms with E-state index in [1.165, 1.54) is 0 Å². The van der Waals surface area contributed by atoms with Crippen molar-refractivity contribution in [2.75, 3.05) is 31.6 Å². The van der Waals surface area contributed by atoms with Crippen molar-refractivity contribution < 1.29 is 18.8 Å². The fourth-order valence-electron chi connectivity index (χ4n) is 3.51. The zero-order chi connectivity index (χ0) is 18.6. The summed E-state index contributed by atoms with van der Waals surface area (Å²) in [6.45, 7) is 4.49. The normalized spacial score (nSPS) is 19.8. The van der Waals surface area contributed by atoms with Crippen molar-refractivity contribution in [2.45, 2.75) is 19.8 Å². The predicted molar refractivity (Wildman–Crippen MR) is 96.8 cm³/mol. The van der Waals surface area contributed by atoms with Crippen molar-refractivity contribution >= 4 is 23.7 Å². The molecule has 1 aromatic rings. The van der Waals surface area contributed by atoms with Gasteiger partial charge in [0, 0.05) is 43.0 Å². The molecule has 7 heteroatoms. The van der Waals surface area contributed by atoms with Gasteiger partial charge < -0.3 is 15.0 Å². The average molecular weight is 359 g/mol. The zero-order valence-electron chi connectivity index (χ0n) is 14.7. The molecule has 0 aliphatic carbocycles. The van der Waals surface area contributed by atoms with Gasteiger partial charge in [0.25, 0.3) is 5.91 Å². The smallest absolute Gasteiger partial charge is 0.259 e. The lowest BCUT2D eigenvalue weighted by atomic mass is 9.73. The van der Waals surface area contributed by atoms with Gasteiger partial charge in [-0.05, 0) is 44.0 Å². The summed E-state index contributed by atoms with van der Waals surface area (Å²) in [6, 6.07) is 6.46. The minimum atomic E-state index is -0.435. The largest absolute Gasteiger partial charge is 0.381 e. The van der Waals surface area contributed by atoms with Crippen LogP contribution in [0.5, 0.6) is 0 Å². The molecule has 2 fully saturated rings. The molecule has 26 heavy (non-hydrogen) atoms. The standard InChI is InChI=1S/C19H22FN3O3/c1-2-16(18(25)21-15-5-3-14(11-24)4-6-15)17(22-20)23-12-19(13-23)7-9-26-10-8-19/h2-6,11H,7-10,12-13H2,1H3,(H,21,25)/b16-2+,22-17+. The molecule has 1 amide bonds. The summed E-state index contributed by atoms with van der Waals surface area (Å²) < 4.78 is 18.8. The van der Waals surface area contributed by atoms with Crippen molar-refractivity contribution in [1.29, 1.82) is 0 Å². The molecule has 2 aliphatic heterocycles. The quantitative estimate of drug-likeness (QED) is 0.388. The zero-order valence-corrected chi connectivity index (χ0v) is 14.7. The number of amidine groups is 1. The van der Waals surface area contributed by atoms with Crippen molar-refractivity contribution in [3.63, 3.8) is 0 Å². The number of allylic oxidation sites excluding steroid dienone is 1. The Labute approximate surface area is 151 Å². The molecular formula is C19H22FN3O3. The number of nitrogens with zero attached hydrogens (tertiary/aromatic N) is 2. The molecule has 0 saturated carbocycles. The van der Waals surface area contributed by atoms with Gasteiger partial charge in [-0.1, -0.05) is 15.8 Å². The van der Waals surface area contributed by atoms with E-state index in [9.17, 15) is 14.1 Å². The Hall–Kier alpha value is -2.54. The Balaban J connectivity index is 1.66. The second kappa shape index (κ2) is 7.78. The minimum absolute atomic E-state index is 0.0617. The first-order valence-electron chi connectivity index (χ1n) is 8.66. The van der Waals surface area contributed by atoms with Crippen LogP contribution in [-0.4, -0.2) is 49.2 Å². The minimum Gasteiger partial charge on any atom is -0.381 e. The number of amides is 1. The highest BCUT2D eigenvalue weighted by atomic mass is 19.2. The van der Waals surface area contributed by atoms with Gasteiger partial charge in [-0.25, -0.2) is 0 Å². The molecule has 1 aromatic carbocycles. The van der Waals surface area contributed by atoms with E-state index in [1.54, 1.807) is 42.2 Å². The Morgan fingerprint density at radius 3 is 2.46 bits per heavy atom. The summed E-state index contributed by atoms with van der Waals surface area (Å²) >= 11 is 0. The van der Waals surface area contributed by atoms with Gasteiger partial charge in [0.05, 0.1) is 5.57 Å². The number of carbonyl (C=O) groups excluding carboxylic acids is 2. The first-order valence-corrected chi connectivity index (χ1v) is 8.66. The van der Waals surface area contributed by atoms with Crippen molar-refractivity contribution in [1.82, 2.24) is 4.90 Å². The van der Waals surface area contributed by atoms with Crippen LogP contribution in [0.3, 0.4) is 0 Å². The van der Waals surface area contributed by atoms with Crippen LogP contribution in [0.15, 0.2) is 41.1 Å². The number of ether oxygens (including phenoxy) is 1. The lowest BCUT2D eigenvalue weighted by Gasteiger charge is -2.53. The molecule has 2 aliphatic rings. The SMILES string of the molecule is C/C=C(C(=O)Nc1ccc(C=O)cc1)\C(=N/F)N1CC2(CCOCC2)C1. The van der Waals surface area contributed by atoms with E-state index in [0.29, 0.717) is 24.3 Å². The second-order valence-electron chi connectivity index (χ2n) is 6.77. The molecule has 2 saturated heterocycles. The molecule has 6 nitrogen and oxygen atoms in total. The van der Waals surface area contributed by atoms with E-state index in [2.05, 4.69) is 10.5 Å². The maximum absolute atomic E-state index is 13.4. The van der Waals surface area contributed by atoms with Crippen molar-refractivity contribution in [2.24, 2.45) is 10.6 Å². The number of nitrogens with one attached hydrogen (secondary N) is 1. The maximum Gasteiger partial charge on any atom is 0.259 e. The number of aldehydes is 1. The van der Waals surface area contributed by atoms with Crippen LogP contribution in [0.1, 0.15) is 30.1 Å². The third-order valence-electron chi connectivity index (χ3n) is 5.06. The molecule has 0 unspecified atom stereocenters. The molecule has 2 heterocycles. The first kappa shape index (κ1) is 18.3. The van der Waals surface area contributed by atoms with E-state index < -0.39 is 5.91 Å². The van der Waals surface area contributed by atoms with Crippen LogP contribution in [-0.2, 0) is 9.53 Å². The summed E-state index contributed by atoms with van der Waals surface area (Å²) in [6.07, 6.45) is 4.18. The monoisotopic (exact) mass is 359 g/mol. The third kappa shape index (κ3) is 3.67. The number of likely N-dealkylation sites (tertiary alicyclic amines) is 1. The van der Waals surface area contributed by atoms with Crippen LogP contribution in [0.2, 0.25) is 0 Å². The number of rotatable bonds is 4. The fraction of sp³-hybridized carbons (Fsp3) is 0.421. The molecule has 0 radical (unpaired) electrons. The Kier molecular flexibility index (Phi) is 5.46. The highest BCUT2D eigenvalue weighted by molar-refractivity contribution is 6.24. The Morgan fingerprint density at radius 2 is 1.92 bits per heavy atom. The summed E-state index contributed by atoms with van der Waals surface area (Å²) in [4.78, 5) is 25.1. The van der Waals surface area contributed by atoms with Crippen LogP contribution in [0.25, 0.3) is 0 Å². The Bertz CT molecular complexity index is 729. The molecule has 1 N–H and O–H groups in total. The molecular weight excluding hydrogens is 337 g/mol. The van der Waals surface area contributed by atoms with Gasteiger partial charge in [0.15, 0.2) is 5.84 Å². The Morgan fingerprint density at radius 1 is 1.27 bits per heavy atom. The number of hydrogen-bond acceptors (Lipinski definition) is 4. The van der Waals surface area contributed by atoms with Crippen molar-refractivity contribution in [3.05, 3.63) is 41.5 Å². The first-order chi connectivity index (χ1) is 12.6. The van der Waals surface area contributed by atoms with Gasteiger partial charge in [-0.2, -0.15) is 0 Å². The summed E-state index contributed by atoms with van der Waals surface area (Å²) in [5.74, 6) is -0.373. The van der Waals surface area contributed by atoms with Gasteiger partial charge in [-0.15, -0.1) is 0 Å². The van der Waals surface area contributed by atoms with Gasteiger partial charge in [-0.3, -0.25) is 9.59 Å². The highest BCUT2D eigenvalue weighted by Crippen LogP contribution is 2.40. The molecule has 0 atom stereocenters. The third-order valence-corrected chi connectivity index (χ3v) is 5.06.